The van der Waals surface area contributed by atoms with E-state index in [9.17, 15) is 28.1 Å². The monoisotopic (exact) mass is 532 g/mol. The van der Waals surface area contributed by atoms with Gasteiger partial charge in [-0.1, -0.05) is 0 Å². The molecule has 1 saturated carbocycles. The van der Waals surface area contributed by atoms with Crippen molar-refractivity contribution in [1.29, 1.82) is 5.26 Å². The van der Waals surface area contributed by atoms with Gasteiger partial charge in [-0.15, -0.1) is 0 Å². The quantitative estimate of drug-likeness (QED) is 0.420. The SMILES string of the molecule is N#Cc1ccc(N2CCN(C(=O)CO[C@H]3CC[C@H](Nc4ccc([N+](=O)[O-])c(C(F)(F)F)c4)CC3)CC2)cn1. The van der Waals surface area contributed by atoms with E-state index in [0.29, 0.717) is 57.6 Å². The molecule has 1 aromatic carbocycles. The summed E-state index contributed by atoms with van der Waals surface area (Å²) in [6, 6.07) is 8.32. The first-order valence-corrected chi connectivity index (χ1v) is 12.3. The van der Waals surface area contributed by atoms with Crippen LogP contribution >= 0.6 is 0 Å². The molecule has 1 aliphatic carbocycles. The van der Waals surface area contributed by atoms with E-state index in [-0.39, 0.29) is 30.3 Å². The summed E-state index contributed by atoms with van der Waals surface area (Å²) < 4.78 is 45.5. The topological polar surface area (TPSA) is 125 Å². The molecule has 2 aliphatic rings. The first kappa shape index (κ1) is 27.1. The predicted octanol–water partition coefficient (Wildman–Crippen LogP) is 3.97. The highest BCUT2D eigenvalue weighted by Crippen LogP contribution is 2.38. The summed E-state index contributed by atoms with van der Waals surface area (Å²) in [7, 11) is 0. The Morgan fingerprint density at radius 3 is 2.45 bits per heavy atom. The fourth-order valence-electron chi connectivity index (χ4n) is 4.76. The summed E-state index contributed by atoms with van der Waals surface area (Å²) in [6.07, 6.45) is -0.742. The van der Waals surface area contributed by atoms with Crippen LogP contribution in [0.5, 0.6) is 0 Å². The molecule has 1 aliphatic heterocycles. The van der Waals surface area contributed by atoms with Crippen LogP contribution in [0.25, 0.3) is 0 Å². The molecule has 38 heavy (non-hydrogen) atoms. The van der Waals surface area contributed by atoms with Crippen molar-refractivity contribution < 1.29 is 27.6 Å². The van der Waals surface area contributed by atoms with Crippen molar-refractivity contribution in [2.45, 2.75) is 44.0 Å². The molecule has 0 radical (unpaired) electrons. The number of carbonyl (C=O) groups is 1. The summed E-state index contributed by atoms with van der Waals surface area (Å²) in [5, 5.41) is 22.9. The lowest BCUT2D eigenvalue weighted by molar-refractivity contribution is -0.388. The number of amides is 1. The lowest BCUT2D eigenvalue weighted by Gasteiger charge is -2.36. The maximum Gasteiger partial charge on any atom is 0.423 e. The maximum absolute atomic E-state index is 13.2. The Kier molecular flexibility index (Phi) is 8.31. The van der Waals surface area contributed by atoms with E-state index < -0.39 is 22.4 Å². The normalized spacial score (nSPS) is 20.1. The first-order chi connectivity index (χ1) is 18.1. The van der Waals surface area contributed by atoms with E-state index in [1.807, 2.05) is 12.1 Å². The minimum Gasteiger partial charge on any atom is -0.382 e. The molecule has 4 rings (SSSR count). The number of nitro benzene ring substituents is 1. The molecular weight excluding hydrogens is 505 g/mol. The van der Waals surface area contributed by atoms with E-state index in [1.165, 1.54) is 6.07 Å². The highest BCUT2D eigenvalue weighted by molar-refractivity contribution is 5.77. The number of nitro groups is 1. The van der Waals surface area contributed by atoms with Gasteiger partial charge in [-0.3, -0.25) is 14.9 Å². The van der Waals surface area contributed by atoms with Gasteiger partial charge < -0.3 is 19.9 Å². The highest BCUT2D eigenvalue weighted by Gasteiger charge is 2.38. The average molecular weight is 533 g/mol. The molecule has 0 unspecified atom stereocenters. The van der Waals surface area contributed by atoms with E-state index >= 15 is 0 Å². The number of carbonyl (C=O) groups excluding carboxylic acids is 1. The van der Waals surface area contributed by atoms with Crippen molar-refractivity contribution in [3.63, 3.8) is 0 Å². The number of halogens is 3. The third kappa shape index (κ3) is 6.69. The van der Waals surface area contributed by atoms with Gasteiger partial charge in [-0.2, -0.15) is 18.4 Å². The van der Waals surface area contributed by atoms with E-state index in [1.54, 1.807) is 17.2 Å². The second-order valence-corrected chi connectivity index (χ2v) is 9.30. The molecule has 10 nitrogen and oxygen atoms in total. The molecule has 1 N–H and O–H groups in total. The number of anilines is 2. The molecule has 13 heteroatoms. The van der Waals surface area contributed by atoms with Gasteiger partial charge >= 0.3 is 6.18 Å². The number of pyridine rings is 1. The Hall–Kier alpha value is -3.92. The fourth-order valence-corrected chi connectivity index (χ4v) is 4.76. The van der Waals surface area contributed by atoms with Crippen LogP contribution in [0.15, 0.2) is 36.5 Å². The molecule has 0 spiro atoms. The molecule has 2 aromatic rings. The number of nitrogens with one attached hydrogen (secondary N) is 1. The van der Waals surface area contributed by atoms with Gasteiger partial charge in [0.1, 0.15) is 23.9 Å². The van der Waals surface area contributed by atoms with Gasteiger partial charge in [-0.25, -0.2) is 4.98 Å². The minimum atomic E-state index is -4.83. The van der Waals surface area contributed by atoms with Gasteiger partial charge in [0.05, 0.1) is 22.9 Å². The van der Waals surface area contributed by atoms with Crippen LogP contribution in [0.1, 0.15) is 36.9 Å². The van der Waals surface area contributed by atoms with Crippen LogP contribution in [0.4, 0.5) is 30.2 Å². The Morgan fingerprint density at radius 2 is 1.87 bits per heavy atom. The van der Waals surface area contributed by atoms with Gasteiger partial charge in [0.15, 0.2) is 0 Å². The first-order valence-electron chi connectivity index (χ1n) is 12.3. The van der Waals surface area contributed by atoms with Crippen molar-refractivity contribution in [3.8, 4) is 6.07 Å². The molecule has 1 aromatic heterocycles. The number of hydrogen-bond donors (Lipinski definition) is 1. The molecule has 2 heterocycles. The molecule has 0 bridgehead atoms. The van der Waals surface area contributed by atoms with Gasteiger partial charge in [0, 0.05) is 44.0 Å². The Bertz CT molecular complexity index is 1190. The molecule has 1 amide bonds. The van der Waals surface area contributed by atoms with Gasteiger partial charge in [0.2, 0.25) is 5.91 Å². The highest BCUT2D eigenvalue weighted by atomic mass is 19.4. The number of aromatic nitrogens is 1. The number of hydrogen-bond acceptors (Lipinski definition) is 8. The van der Waals surface area contributed by atoms with Gasteiger partial charge in [-0.05, 0) is 49.9 Å². The van der Waals surface area contributed by atoms with Crippen LogP contribution in [-0.2, 0) is 15.7 Å². The number of nitrogens with zero attached hydrogens (tertiary/aromatic N) is 5. The number of piperazine rings is 1. The lowest BCUT2D eigenvalue weighted by atomic mass is 9.92. The molecule has 0 atom stereocenters. The van der Waals surface area contributed by atoms with Crippen molar-refractivity contribution >= 4 is 23.0 Å². The number of ether oxygens (including phenoxy) is 1. The number of alkyl halides is 3. The molecule has 202 valence electrons. The summed E-state index contributed by atoms with van der Waals surface area (Å²) in [6.45, 7) is 2.37. The number of nitriles is 1. The maximum atomic E-state index is 13.2. The largest absolute Gasteiger partial charge is 0.423 e. The Balaban J connectivity index is 1.20. The average Bonchev–Trinajstić information content (AvgIpc) is 2.92. The zero-order valence-electron chi connectivity index (χ0n) is 20.5. The summed E-state index contributed by atoms with van der Waals surface area (Å²) in [4.78, 5) is 30.5. The van der Waals surface area contributed by atoms with E-state index in [4.69, 9.17) is 10.00 Å². The number of benzene rings is 1. The van der Waals surface area contributed by atoms with Crippen molar-refractivity contribution in [1.82, 2.24) is 9.88 Å². The standard InChI is InChI=1S/C25H27F3N6O4/c26-25(27,28)22-13-18(4-8-23(22)34(36)37)31-17-2-6-21(7-3-17)38-16-24(35)33-11-9-32(10-12-33)20-5-1-19(14-29)30-15-20/h1,4-5,8,13,15,17,21,31H,2-3,6-7,9-12,16H2/t17-,21-. The smallest absolute Gasteiger partial charge is 0.382 e. The van der Waals surface area contributed by atoms with Crippen LogP contribution in [0, 0.1) is 21.4 Å². The third-order valence-electron chi connectivity index (χ3n) is 6.85. The van der Waals surface area contributed by atoms with Crippen molar-refractivity contribution in [2.75, 3.05) is 43.0 Å². The zero-order valence-corrected chi connectivity index (χ0v) is 20.5. The van der Waals surface area contributed by atoms with E-state index in [2.05, 4.69) is 15.2 Å². The molecule has 2 fully saturated rings. The molecular formula is C25H27F3N6O4. The van der Waals surface area contributed by atoms with Crippen LogP contribution in [0.2, 0.25) is 0 Å². The minimum absolute atomic E-state index is 0.0293. The van der Waals surface area contributed by atoms with Crippen LogP contribution in [-0.4, -0.2) is 65.6 Å². The zero-order chi connectivity index (χ0) is 27.3. The van der Waals surface area contributed by atoms with E-state index in [0.717, 1.165) is 17.8 Å². The Morgan fingerprint density at radius 1 is 1.16 bits per heavy atom. The van der Waals surface area contributed by atoms with Crippen LogP contribution < -0.4 is 10.2 Å². The predicted molar refractivity (Wildman–Crippen MR) is 131 cm³/mol. The third-order valence-corrected chi connectivity index (χ3v) is 6.85. The van der Waals surface area contributed by atoms with Crippen LogP contribution in [0.3, 0.4) is 0 Å². The second kappa shape index (κ2) is 11.6. The Labute approximate surface area is 217 Å². The molecule has 1 saturated heterocycles. The second-order valence-electron chi connectivity index (χ2n) is 9.30. The van der Waals surface area contributed by atoms with Crippen molar-refractivity contribution in [2.24, 2.45) is 0 Å². The summed E-state index contributed by atoms with van der Waals surface area (Å²) in [5.74, 6) is -0.0894. The summed E-state index contributed by atoms with van der Waals surface area (Å²) >= 11 is 0. The van der Waals surface area contributed by atoms with Crippen molar-refractivity contribution in [3.05, 3.63) is 57.9 Å². The lowest BCUT2D eigenvalue weighted by Crippen LogP contribution is -2.50. The summed E-state index contributed by atoms with van der Waals surface area (Å²) in [5.41, 5.74) is -0.819. The number of rotatable bonds is 7. The van der Waals surface area contributed by atoms with Gasteiger partial charge in [0.25, 0.3) is 5.69 Å². The fraction of sp³-hybridized carbons (Fsp3) is 0.480.